The van der Waals surface area contributed by atoms with E-state index in [-0.39, 0.29) is 0 Å². The topological polar surface area (TPSA) is 61.3 Å². The SMILES string of the molecule is Nc1conc1-c1ccc(OCc2ccc(Cl)cc2)cc1. The molecule has 0 spiro atoms. The summed E-state index contributed by atoms with van der Waals surface area (Å²) in [7, 11) is 0. The Bertz CT molecular complexity index is 721. The fourth-order valence-electron chi connectivity index (χ4n) is 1.92. The van der Waals surface area contributed by atoms with Gasteiger partial charge in [-0.2, -0.15) is 0 Å². The lowest BCUT2D eigenvalue weighted by Crippen LogP contribution is -1.95. The van der Waals surface area contributed by atoms with Gasteiger partial charge in [-0.25, -0.2) is 0 Å². The van der Waals surface area contributed by atoms with Gasteiger partial charge in [0.05, 0.1) is 0 Å². The summed E-state index contributed by atoms with van der Waals surface area (Å²) in [4.78, 5) is 0. The zero-order valence-corrected chi connectivity index (χ0v) is 11.9. The van der Waals surface area contributed by atoms with E-state index < -0.39 is 0 Å². The number of benzene rings is 2. The van der Waals surface area contributed by atoms with E-state index in [0.29, 0.717) is 23.0 Å². The zero-order valence-electron chi connectivity index (χ0n) is 11.1. The van der Waals surface area contributed by atoms with E-state index in [1.807, 2.05) is 48.5 Å². The van der Waals surface area contributed by atoms with E-state index in [4.69, 9.17) is 26.6 Å². The average molecular weight is 301 g/mol. The molecule has 0 atom stereocenters. The van der Waals surface area contributed by atoms with Gasteiger partial charge < -0.3 is 15.0 Å². The standard InChI is InChI=1S/C16H13ClN2O2/c17-13-5-1-11(2-6-13)9-20-14-7-3-12(4-8-14)16-15(18)10-21-19-16/h1-8,10H,9,18H2. The Hall–Kier alpha value is -2.46. The lowest BCUT2D eigenvalue weighted by atomic mass is 10.1. The van der Waals surface area contributed by atoms with Crippen LogP contribution in [0.4, 0.5) is 5.69 Å². The maximum absolute atomic E-state index is 5.84. The lowest BCUT2D eigenvalue weighted by Gasteiger charge is -2.07. The Labute approximate surface area is 127 Å². The Morgan fingerprint density at radius 1 is 1.05 bits per heavy atom. The molecule has 0 saturated heterocycles. The van der Waals surface area contributed by atoms with Crippen LogP contribution in [0.2, 0.25) is 5.02 Å². The van der Waals surface area contributed by atoms with Crippen LogP contribution in [0.1, 0.15) is 5.56 Å². The van der Waals surface area contributed by atoms with E-state index >= 15 is 0 Å². The van der Waals surface area contributed by atoms with Gasteiger partial charge in [0.25, 0.3) is 0 Å². The molecule has 0 bridgehead atoms. The van der Waals surface area contributed by atoms with Crippen molar-refractivity contribution in [1.29, 1.82) is 0 Å². The third-order valence-corrected chi connectivity index (χ3v) is 3.30. The molecular weight excluding hydrogens is 288 g/mol. The molecule has 0 aliphatic rings. The van der Waals surface area contributed by atoms with E-state index in [9.17, 15) is 0 Å². The highest BCUT2D eigenvalue weighted by Gasteiger charge is 2.07. The molecule has 3 aromatic rings. The first-order valence-electron chi connectivity index (χ1n) is 6.40. The van der Waals surface area contributed by atoms with Crippen LogP contribution in [0, 0.1) is 0 Å². The number of rotatable bonds is 4. The van der Waals surface area contributed by atoms with Crippen LogP contribution < -0.4 is 10.5 Å². The van der Waals surface area contributed by atoms with Crippen molar-refractivity contribution in [1.82, 2.24) is 5.16 Å². The van der Waals surface area contributed by atoms with Crippen LogP contribution in [-0.2, 0) is 6.61 Å². The molecule has 1 aromatic heterocycles. The molecule has 3 rings (SSSR count). The summed E-state index contributed by atoms with van der Waals surface area (Å²) >= 11 is 5.84. The quantitative estimate of drug-likeness (QED) is 0.786. The molecule has 0 aliphatic carbocycles. The minimum Gasteiger partial charge on any atom is -0.489 e. The van der Waals surface area contributed by atoms with Gasteiger partial charge in [-0.1, -0.05) is 28.9 Å². The van der Waals surface area contributed by atoms with Crippen LogP contribution in [0.5, 0.6) is 5.75 Å². The van der Waals surface area contributed by atoms with Crippen LogP contribution in [0.15, 0.2) is 59.3 Å². The van der Waals surface area contributed by atoms with Crippen molar-refractivity contribution in [2.75, 3.05) is 5.73 Å². The molecule has 0 aliphatic heterocycles. The van der Waals surface area contributed by atoms with Gasteiger partial charge in [0.15, 0.2) is 0 Å². The minimum absolute atomic E-state index is 0.489. The molecule has 2 N–H and O–H groups in total. The number of nitrogens with zero attached hydrogens (tertiary/aromatic N) is 1. The number of aromatic nitrogens is 1. The Kier molecular flexibility index (Phi) is 3.79. The van der Waals surface area contributed by atoms with E-state index in [0.717, 1.165) is 16.9 Å². The number of hydrogen-bond donors (Lipinski definition) is 1. The molecule has 0 radical (unpaired) electrons. The van der Waals surface area contributed by atoms with Crippen molar-refractivity contribution < 1.29 is 9.26 Å². The highest BCUT2D eigenvalue weighted by Crippen LogP contribution is 2.26. The summed E-state index contributed by atoms with van der Waals surface area (Å²) < 4.78 is 10.5. The van der Waals surface area contributed by atoms with Crippen molar-refractivity contribution in [3.63, 3.8) is 0 Å². The second-order valence-corrected chi connectivity index (χ2v) is 4.99. The molecule has 0 amide bonds. The fourth-order valence-corrected chi connectivity index (χ4v) is 2.05. The Morgan fingerprint density at radius 2 is 1.76 bits per heavy atom. The molecule has 0 saturated carbocycles. The Morgan fingerprint density at radius 3 is 2.38 bits per heavy atom. The zero-order chi connectivity index (χ0) is 14.7. The molecule has 0 fully saturated rings. The van der Waals surface area contributed by atoms with E-state index in [1.165, 1.54) is 6.26 Å². The van der Waals surface area contributed by atoms with Crippen molar-refractivity contribution in [2.24, 2.45) is 0 Å². The van der Waals surface area contributed by atoms with Gasteiger partial charge in [-0.05, 0) is 42.0 Å². The third-order valence-electron chi connectivity index (χ3n) is 3.04. The predicted octanol–water partition coefficient (Wildman–Crippen LogP) is 4.16. The molecule has 5 heteroatoms. The van der Waals surface area contributed by atoms with Gasteiger partial charge in [0, 0.05) is 10.6 Å². The molecular formula is C16H13ClN2O2. The van der Waals surface area contributed by atoms with Gasteiger partial charge >= 0.3 is 0 Å². The second-order valence-electron chi connectivity index (χ2n) is 4.56. The number of ether oxygens (including phenoxy) is 1. The first-order valence-corrected chi connectivity index (χ1v) is 6.78. The summed E-state index contributed by atoms with van der Waals surface area (Å²) in [6.07, 6.45) is 1.42. The van der Waals surface area contributed by atoms with Gasteiger partial charge in [0.2, 0.25) is 0 Å². The highest BCUT2D eigenvalue weighted by atomic mass is 35.5. The van der Waals surface area contributed by atoms with Crippen molar-refractivity contribution in [3.05, 3.63) is 65.4 Å². The van der Waals surface area contributed by atoms with E-state index in [2.05, 4.69) is 5.16 Å². The molecule has 106 valence electrons. The Balaban J connectivity index is 1.67. The van der Waals surface area contributed by atoms with Crippen LogP contribution >= 0.6 is 11.6 Å². The van der Waals surface area contributed by atoms with Crippen LogP contribution in [0.3, 0.4) is 0 Å². The van der Waals surface area contributed by atoms with E-state index in [1.54, 1.807) is 0 Å². The first-order chi connectivity index (χ1) is 10.2. The predicted molar refractivity (Wildman–Crippen MR) is 82.1 cm³/mol. The number of nitrogens with two attached hydrogens (primary N) is 1. The summed E-state index contributed by atoms with van der Waals surface area (Å²) in [6, 6.07) is 15.1. The largest absolute Gasteiger partial charge is 0.489 e. The highest BCUT2D eigenvalue weighted by molar-refractivity contribution is 6.30. The first kappa shape index (κ1) is 13.5. The maximum atomic E-state index is 5.84. The smallest absolute Gasteiger partial charge is 0.147 e. The monoisotopic (exact) mass is 300 g/mol. The number of anilines is 1. The van der Waals surface area contributed by atoms with Gasteiger partial charge in [0.1, 0.15) is 30.0 Å². The summed E-state index contributed by atoms with van der Waals surface area (Å²) in [6.45, 7) is 0.489. The summed E-state index contributed by atoms with van der Waals surface area (Å²) in [5.41, 5.74) is 8.86. The molecule has 0 unspecified atom stereocenters. The number of hydrogen-bond acceptors (Lipinski definition) is 4. The fraction of sp³-hybridized carbons (Fsp3) is 0.0625. The van der Waals surface area contributed by atoms with Crippen LogP contribution in [0.25, 0.3) is 11.3 Å². The summed E-state index contributed by atoms with van der Waals surface area (Å²) in [5, 5.41) is 4.58. The molecule has 21 heavy (non-hydrogen) atoms. The minimum atomic E-state index is 0.489. The molecule has 4 nitrogen and oxygen atoms in total. The molecule has 1 heterocycles. The van der Waals surface area contributed by atoms with Crippen LogP contribution in [-0.4, -0.2) is 5.16 Å². The van der Waals surface area contributed by atoms with Crippen molar-refractivity contribution in [3.8, 4) is 17.0 Å². The van der Waals surface area contributed by atoms with Crippen molar-refractivity contribution in [2.45, 2.75) is 6.61 Å². The van der Waals surface area contributed by atoms with Gasteiger partial charge in [-0.15, -0.1) is 0 Å². The normalized spacial score (nSPS) is 10.5. The number of nitrogen functional groups attached to an aromatic ring is 1. The average Bonchev–Trinajstić information content (AvgIpc) is 2.93. The van der Waals surface area contributed by atoms with Crippen molar-refractivity contribution >= 4 is 17.3 Å². The number of halogens is 1. The van der Waals surface area contributed by atoms with Gasteiger partial charge in [-0.3, -0.25) is 0 Å². The lowest BCUT2D eigenvalue weighted by molar-refractivity contribution is 0.306. The summed E-state index contributed by atoms with van der Waals surface area (Å²) in [5.74, 6) is 0.774. The molecule has 2 aromatic carbocycles. The second kappa shape index (κ2) is 5.89. The third kappa shape index (κ3) is 3.17. The maximum Gasteiger partial charge on any atom is 0.147 e.